The standard InChI is InChI=1S/C17H17ClFN/c1-11-8-14(19)3-7-16(11)17-6-2-13(18)9-12(17)10-20-15-4-5-15/h2-3,6-9,15,20H,4-5,10H2,1H3. The first kappa shape index (κ1) is 13.6. The molecule has 1 fully saturated rings. The Morgan fingerprint density at radius 3 is 2.60 bits per heavy atom. The van der Waals surface area contributed by atoms with Crippen LogP contribution in [-0.2, 0) is 6.54 Å². The molecular weight excluding hydrogens is 273 g/mol. The summed E-state index contributed by atoms with van der Waals surface area (Å²) in [7, 11) is 0. The number of rotatable bonds is 4. The van der Waals surface area contributed by atoms with E-state index in [-0.39, 0.29) is 5.82 Å². The van der Waals surface area contributed by atoms with Gasteiger partial charge in [-0.3, -0.25) is 0 Å². The smallest absolute Gasteiger partial charge is 0.123 e. The van der Waals surface area contributed by atoms with Crippen molar-refractivity contribution in [1.82, 2.24) is 5.32 Å². The maximum absolute atomic E-state index is 13.3. The molecule has 0 radical (unpaired) electrons. The van der Waals surface area contributed by atoms with E-state index in [2.05, 4.69) is 5.32 Å². The molecule has 3 heteroatoms. The van der Waals surface area contributed by atoms with E-state index in [0.29, 0.717) is 6.04 Å². The minimum Gasteiger partial charge on any atom is -0.310 e. The molecule has 2 aromatic rings. The van der Waals surface area contributed by atoms with Gasteiger partial charge in [-0.05, 0) is 66.3 Å². The summed E-state index contributed by atoms with van der Waals surface area (Å²) in [5, 5.41) is 4.25. The summed E-state index contributed by atoms with van der Waals surface area (Å²) >= 11 is 6.11. The largest absolute Gasteiger partial charge is 0.310 e. The molecule has 0 bridgehead atoms. The van der Waals surface area contributed by atoms with Gasteiger partial charge in [0.2, 0.25) is 0 Å². The molecule has 0 aromatic heterocycles. The van der Waals surface area contributed by atoms with Crippen LogP contribution in [0.1, 0.15) is 24.0 Å². The van der Waals surface area contributed by atoms with E-state index < -0.39 is 0 Å². The third kappa shape index (κ3) is 3.02. The summed E-state index contributed by atoms with van der Waals surface area (Å²) in [6.07, 6.45) is 2.51. The van der Waals surface area contributed by atoms with Crippen LogP contribution in [0.2, 0.25) is 5.02 Å². The molecule has 0 unspecified atom stereocenters. The summed E-state index contributed by atoms with van der Waals surface area (Å²) < 4.78 is 13.3. The molecule has 104 valence electrons. The summed E-state index contributed by atoms with van der Waals surface area (Å²) in [6.45, 7) is 2.74. The highest BCUT2D eigenvalue weighted by Crippen LogP contribution is 2.30. The molecule has 1 nitrogen and oxygen atoms in total. The molecule has 1 saturated carbocycles. The molecule has 0 heterocycles. The van der Waals surface area contributed by atoms with Gasteiger partial charge in [-0.15, -0.1) is 0 Å². The number of nitrogens with one attached hydrogen (secondary N) is 1. The highest BCUT2D eigenvalue weighted by atomic mass is 35.5. The fourth-order valence-electron chi connectivity index (χ4n) is 2.44. The van der Waals surface area contributed by atoms with Gasteiger partial charge >= 0.3 is 0 Å². The van der Waals surface area contributed by atoms with Crippen LogP contribution in [0.25, 0.3) is 11.1 Å². The number of benzene rings is 2. The topological polar surface area (TPSA) is 12.0 Å². The lowest BCUT2D eigenvalue weighted by molar-refractivity contribution is 0.627. The second-order valence-corrected chi connectivity index (χ2v) is 5.85. The predicted octanol–water partition coefficient (Wildman–Crippen LogP) is 4.71. The Bertz CT molecular complexity index is 635. The van der Waals surface area contributed by atoms with Crippen LogP contribution in [0.5, 0.6) is 0 Å². The van der Waals surface area contributed by atoms with Crippen molar-refractivity contribution in [3.8, 4) is 11.1 Å². The van der Waals surface area contributed by atoms with Gasteiger partial charge in [-0.25, -0.2) is 4.39 Å². The Kier molecular flexibility index (Phi) is 3.77. The maximum atomic E-state index is 13.3. The van der Waals surface area contributed by atoms with Crippen molar-refractivity contribution in [1.29, 1.82) is 0 Å². The Balaban J connectivity index is 1.97. The van der Waals surface area contributed by atoms with E-state index in [4.69, 9.17) is 11.6 Å². The van der Waals surface area contributed by atoms with Crippen LogP contribution in [0.15, 0.2) is 36.4 Å². The molecule has 20 heavy (non-hydrogen) atoms. The van der Waals surface area contributed by atoms with Crippen molar-refractivity contribution in [2.75, 3.05) is 0 Å². The van der Waals surface area contributed by atoms with E-state index in [1.165, 1.54) is 24.5 Å². The van der Waals surface area contributed by atoms with Gasteiger partial charge in [0.25, 0.3) is 0 Å². The fraction of sp³-hybridized carbons (Fsp3) is 0.294. The fourth-order valence-corrected chi connectivity index (χ4v) is 2.64. The summed E-state index contributed by atoms with van der Waals surface area (Å²) in [6, 6.07) is 11.5. The van der Waals surface area contributed by atoms with Crippen molar-refractivity contribution < 1.29 is 4.39 Å². The third-order valence-electron chi connectivity index (χ3n) is 3.70. The average Bonchev–Trinajstić information content (AvgIpc) is 3.21. The quantitative estimate of drug-likeness (QED) is 0.860. The van der Waals surface area contributed by atoms with Crippen LogP contribution in [0, 0.1) is 12.7 Å². The molecule has 0 atom stereocenters. The van der Waals surface area contributed by atoms with Crippen molar-refractivity contribution in [3.05, 3.63) is 58.4 Å². The minimum atomic E-state index is -0.196. The lowest BCUT2D eigenvalue weighted by Crippen LogP contribution is -2.16. The zero-order valence-electron chi connectivity index (χ0n) is 11.4. The van der Waals surface area contributed by atoms with E-state index >= 15 is 0 Å². The molecular formula is C17H17ClFN. The van der Waals surface area contributed by atoms with E-state index in [1.807, 2.05) is 31.2 Å². The first-order chi connectivity index (χ1) is 9.63. The zero-order valence-corrected chi connectivity index (χ0v) is 12.2. The van der Waals surface area contributed by atoms with E-state index in [0.717, 1.165) is 28.3 Å². The second-order valence-electron chi connectivity index (χ2n) is 5.42. The van der Waals surface area contributed by atoms with Gasteiger partial charge in [0, 0.05) is 17.6 Å². The number of hydrogen-bond acceptors (Lipinski definition) is 1. The van der Waals surface area contributed by atoms with Crippen LogP contribution in [0.4, 0.5) is 4.39 Å². The number of aryl methyl sites for hydroxylation is 1. The van der Waals surface area contributed by atoms with Gasteiger partial charge in [-0.2, -0.15) is 0 Å². The SMILES string of the molecule is Cc1cc(F)ccc1-c1ccc(Cl)cc1CNC1CC1. The summed E-state index contributed by atoms with van der Waals surface area (Å²) in [5.41, 5.74) is 4.30. The van der Waals surface area contributed by atoms with Crippen molar-refractivity contribution >= 4 is 11.6 Å². The zero-order chi connectivity index (χ0) is 14.1. The lowest BCUT2D eigenvalue weighted by Gasteiger charge is -2.13. The normalized spacial score (nSPS) is 14.6. The first-order valence-electron chi connectivity index (χ1n) is 6.92. The van der Waals surface area contributed by atoms with Gasteiger partial charge < -0.3 is 5.32 Å². The van der Waals surface area contributed by atoms with Gasteiger partial charge in [-0.1, -0.05) is 23.7 Å². The molecule has 0 spiro atoms. The maximum Gasteiger partial charge on any atom is 0.123 e. The van der Waals surface area contributed by atoms with Crippen molar-refractivity contribution in [2.45, 2.75) is 32.4 Å². The molecule has 1 aliphatic carbocycles. The Hall–Kier alpha value is -1.38. The van der Waals surface area contributed by atoms with Gasteiger partial charge in [0.15, 0.2) is 0 Å². The summed E-state index contributed by atoms with van der Waals surface area (Å²) in [5.74, 6) is -0.196. The van der Waals surface area contributed by atoms with Crippen molar-refractivity contribution in [2.24, 2.45) is 0 Å². The molecule has 0 aliphatic heterocycles. The number of halogens is 2. The van der Waals surface area contributed by atoms with Crippen LogP contribution < -0.4 is 5.32 Å². The molecule has 1 N–H and O–H groups in total. The van der Waals surface area contributed by atoms with Gasteiger partial charge in [0.05, 0.1) is 0 Å². The highest BCUT2D eigenvalue weighted by molar-refractivity contribution is 6.30. The monoisotopic (exact) mass is 289 g/mol. The minimum absolute atomic E-state index is 0.196. The summed E-state index contributed by atoms with van der Waals surface area (Å²) in [4.78, 5) is 0. The van der Waals surface area contributed by atoms with Crippen molar-refractivity contribution in [3.63, 3.8) is 0 Å². The van der Waals surface area contributed by atoms with Crippen LogP contribution in [0.3, 0.4) is 0 Å². The first-order valence-corrected chi connectivity index (χ1v) is 7.29. The Morgan fingerprint density at radius 2 is 1.90 bits per heavy atom. The molecule has 0 saturated heterocycles. The second kappa shape index (κ2) is 5.55. The Labute approximate surface area is 123 Å². The molecule has 1 aliphatic rings. The van der Waals surface area contributed by atoms with E-state index in [1.54, 1.807) is 6.07 Å². The molecule has 3 rings (SSSR count). The number of hydrogen-bond donors (Lipinski definition) is 1. The highest BCUT2D eigenvalue weighted by Gasteiger charge is 2.20. The lowest BCUT2D eigenvalue weighted by atomic mass is 9.96. The molecule has 0 amide bonds. The van der Waals surface area contributed by atoms with Crippen LogP contribution in [-0.4, -0.2) is 6.04 Å². The van der Waals surface area contributed by atoms with Crippen LogP contribution >= 0.6 is 11.6 Å². The third-order valence-corrected chi connectivity index (χ3v) is 3.94. The van der Waals surface area contributed by atoms with E-state index in [9.17, 15) is 4.39 Å². The predicted molar refractivity (Wildman–Crippen MR) is 81.4 cm³/mol. The Morgan fingerprint density at radius 1 is 1.15 bits per heavy atom. The van der Waals surface area contributed by atoms with Gasteiger partial charge in [0.1, 0.15) is 5.82 Å². The average molecular weight is 290 g/mol. The molecule has 2 aromatic carbocycles.